The van der Waals surface area contributed by atoms with Crippen LogP contribution in [0.3, 0.4) is 0 Å². The summed E-state index contributed by atoms with van der Waals surface area (Å²) in [6.07, 6.45) is 1.51. The van der Waals surface area contributed by atoms with Crippen LogP contribution in [0.2, 0.25) is 0 Å². The van der Waals surface area contributed by atoms with Gasteiger partial charge in [0.15, 0.2) is 0 Å². The van der Waals surface area contributed by atoms with Gasteiger partial charge in [0.2, 0.25) is 0 Å². The van der Waals surface area contributed by atoms with E-state index in [0.29, 0.717) is 24.0 Å². The molecular formula is C24H21N3O2. The van der Waals surface area contributed by atoms with E-state index in [1.807, 2.05) is 30.3 Å². The number of amides is 1. The van der Waals surface area contributed by atoms with Crippen molar-refractivity contribution >= 4 is 22.5 Å². The van der Waals surface area contributed by atoms with E-state index in [9.17, 15) is 9.90 Å². The average Bonchev–Trinajstić information content (AvgIpc) is 3.31. The summed E-state index contributed by atoms with van der Waals surface area (Å²) in [6, 6.07) is 19.6. The second-order valence-corrected chi connectivity index (χ2v) is 7.59. The highest BCUT2D eigenvalue weighted by Crippen LogP contribution is 2.33. The van der Waals surface area contributed by atoms with Crippen LogP contribution in [0.5, 0.6) is 5.75 Å². The zero-order valence-electron chi connectivity index (χ0n) is 16.1. The van der Waals surface area contributed by atoms with Crippen LogP contribution in [0.25, 0.3) is 10.9 Å². The van der Waals surface area contributed by atoms with Crippen molar-refractivity contribution in [2.75, 3.05) is 11.4 Å². The van der Waals surface area contributed by atoms with Gasteiger partial charge in [-0.25, -0.2) is 0 Å². The van der Waals surface area contributed by atoms with Gasteiger partial charge in [-0.05, 0) is 36.6 Å². The van der Waals surface area contributed by atoms with Crippen molar-refractivity contribution in [3.8, 4) is 5.75 Å². The highest BCUT2D eigenvalue weighted by atomic mass is 16.3. The molecule has 1 aliphatic rings. The predicted molar refractivity (Wildman–Crippen MR) is 114 cm³/mol. The fourth-order valence-corrected chi connectivity index (χ4v) is 4.13. The minimum absolute atomic E-state index is 0.0412. The Morgan fingerprint density at radius 3 is 2.86 bits per heavy atom. The van der Waals surface area contributed by atoms with E-state index in [-0.39, 0.29) is 11.7 Å². The van der Waals surface area contributed by atoms with Crippen molar-refractivity contribution in [3.63, 3.8) is 0 Å². The average molecular weight is 383 g/mol. The molecule has 0 fully saturated rings. The number of aromatic hydroxyl groups is 1. The lowest BCUT2D eigenvalue weighted by Gasteiger charge is -2.18. The first-order valence-electron chi connectivity index (χ1n) is 9.75. The van der Waals surface area contributed by atoms with Crippen LogP contribution in [0.4, 0.5) is 5.69 Å². The molecule has 0 saturated heterocycles. The van der Waals surface area contributed by atoms with Crippen molar-refractivity contribution in [1.29, 1.82) is 0 Å². The number of phenolic OH excluding ortho intramolecular Hbond substituents is 1. The molecule has 1 amide bonds. The molecule has 0 atom stereocenters. The van der Waals surface area contributed by atoms with Gasteiger partial charge in [-0.3, -0.25) is 9.89 Å². The van der Waals surface area contributed by atoms with Crippen LogP contribution >= 0.6 is 0 Å². The number of aromatic nitrogens is 2. The Labute approximate surface area is 168 Å². The van der Waals surface area contributed by atoms with E-state index >= 15 is 0 Å². The Morgan fingerprint density at radius 2 is 2.00 bits per heavy atom. The first-order chi connectivity index (χ1) is 14.1. The van der Waals surface area contributed by atoms with Crippen LogP contribution in [0.15, 0.2) is 60.7 Å². The number of carbonyl (C=O) groups is 1. The van der Waals surface area contributed by atoms with Crippen LogP contribution in [-0.4, -0.2) is 27.8 Å². The minimum Gasteiger partial charge on any atom is -0.507 e. The number of para-hydroxylation sites is 1. The quantitative estimate of drug-likeness (QED) is 0.552. The molecule has 0 radical (unpaired) electrons. The van der Waals surface area contributed by atoms with Crippen molar-refractivity contribution < 1.29 is 9.90 Å². The number of aromatic amines is 1. The zero-order chi connectivity index (χ0) is 20.0. The number of hydrogen-bond donors (Lipinski definition) is 2. The third-order valence-corrected chi connectivity index (χ3v) is 5.58. The van der Waals surface area contributed by atoms with Crippen molar-refractivity contribution in [2.45, 2.75) is 19.8 Å². The maximum absolute atomic E-state index is 13.2. The van der Waals surface area contributed by atoms with E-state index in [2.05, 4.69) is 35.3 Å². The molecule has 0 unspecified atom stereocenters. The Kier molecular flexibility index (Phi) is 4.09. The standard InChI is InChI=1S/C24H21N3O2/c1-15-5-4-6-16(11-15)12-20-18-13-19(23(28)14-21(18)26-25-20)24(29)27-10-9-17-7-2-3-8-22(17)27/h2-8,11,13-14,28H,9-10,12H2,1H3,(H,25,26). The van der Waals surface area contributed by atoms with E-state index < -0.39 is 0 Å². The molecule has 3 aromatic carbocycles. The summed E-state index contributed by atoms with van der Waals surface area (Å²) in [6.45, 7) is 2.69. The molecule has 144 valence electrons. The van der Waals surface area contributed by atoms with Crippen molar-refractivity contribution in [3.05, 3.63) is 88.6 Å². The molecule has 29 heavy (non-hydrogen) atoms. The molecule has 5 rings (SSSR count). The van der Waals surface area contributed by atoms with Gasteiger partial charge in [0.1, 0.15) is 5.75 Å². The van der Waals surface area contributed by atoms with Crippen LogP contribution < -0.4 is 4.90 Å². The zero-order valence-corrected chi connectivity index (χ0v) is 16.1. The lowest BCUT2D eigenvalue weighted by atomic mass is 10.0. The molecule has 0 spiro atoms. The van der Waals surface area contributed by atoms with Crippen LogP contribution in [0.1, 0.15) is 32.7 Å². The summed E-state index contributed by atoms with van der Waals surface area (Å²) in [4.78, 5) is 15.0. The minimum atomic E-state index is -0.183. The summed E-state index contributed by atoms with van der Waals surface area (Å²) in [5.74, 6) is -0.224. The third-order valence-electron chi connectivity index (χ3n) is 5.58. The van der Waals surface area contributed by atoms with E-state index in [1.165, 1.54) is 11.1 Å². The Morgan fingerprint density at radius 1 is 1.14 bits per heavy atom. The predicted octanol–water partition coefficient (Wildman–Crippen LogP) is 4.37. The van der Waals surface area contributed by atoms with Gasteiger partial charge < -0.3 is 10.0 Å². The van der Waals surface area contributed by atoms with Crippen LogP contribution in [-0.2, 0) is 12.8 Å². The number of rotatable bonds is 3. The number of nitrogens with zero attached hydrogens (tertiary/aromatic N) is 2. The SMILES string of the molecule is Cc1cccc(Cc2[nH]nc3cc(O)c(C(=O)N4CCc5ccccc54)cc23)c1. The number of phenols is 1. The number of fused-ring (bicyclic) bond motifs is 2. The topological polar surface area (TPSA) is 69.2 Å². The van der Waals surface area contributed by atoms with E-state index in [1.54, 1.807) is 17.0 Å². The van der Waals surface area contributed by atoms with Crippen molar-refractivity contribution in [1.82, 2.24) is 10.2 Å². The maximum Gasteiger partial charge on any atom is 0.262 e. The summed E-state index contributed by atoms with van der Waals surface area (Å²) >= 11 is 0. The molecule has 5 heteroatoms. The van der Waals surface area contributed by atoms with Gasteiger partial charge >= 0.3 is 0 Å². The summed E-state index contributed by atoms with van der Waals surface area (Å²) in [5, 5.41) is 18.8. The highest BCUT2D eigenvalue weighted by molar-refractivity contribution is 6.11. The molecule has 1 aliphatic heterocycles. The highest BCUT2D eigenvalue weighted by Gasteiger charge is 2.27. The first-order valence-corrected chi connectivity index (χ1v) is 9.75. The fraction of sp³-hybridized carbons (Fsp3) is 0.167. The first kappa shape index (κ1) is 17.5. The Balaban J connectivity index is 1.53. The Bertz CT molecular complexity index is 1240. The Hall–Kier alpha value is -3.60. The van der Waals surface area contributed by atoms with Gasteiger partial charge in [0.05, 0.1) is 11.1 Å². The summed E-state index contributed by atoms with van der Waals surface area (Å²) < 4.78 is 0. The molecule has 2 heterocycles. The van der Waals surface area contributed by atoms with Gasteiger partial charge in [-0.1, -0.05) is 48.0 Å². The van der Waals surface area contributed by atoms with Crippen molar-refractivity contribution in [2.24, 2.45) is 0 Å². The molecule has 1 aromatic heterocycles. The molecular weight excluding hydrogens is 362 g/mol. The molecule has 0 aliphatic carbocycles. The number of hydrogen-bond acceptors (Lipinski definition) is 3. The lowest BCUT2D eigenvalue weighted by molar-refractivity contribution is 0.0987. The molecule has 4 aromatic rings. The number of carbonyl (C=O) groups excluding carboxylic acids is 1. The monoisotopic (exact) mass is 383 g/mol. The maximum atomic E-state index is 13.2. The molecule has 0 saturated carbocycles. The van der Waals surface area contributed by atoms with Gasteiger partial charge in [-0.15, -0.1) is 0 Å². The number of benzene rings is 3. The second kappa shape index (κ2) is 6.78. The third kappa shape index (κ3) is 3.05. The number of aryl methyl sites for hydroxylation is 1. The number of anilines is 1. The van der Waals surface area contributed by atoms with Gasteiger partial charge in [0, 0.05) is 35.8 Å². The van der Waals surface area contributed by atoms with E-state index in [4.69, 9.17) is 0 Å². The molecule has 0 bridgehead atoms. The van der Waals surface area contributed by atoms with Gasteiger partial charge in [0.25, 0.3) is 5.91 Å². The number of nitrogens with one attached hydrogen (secondary N) is 1. The summed E-state index contributed by atoms with van der Waals surface area (Å²) in [7, 11) is 0. The summed E-state index contributed by atoms with van der Waals surface area (Å²) in [5.41, 5.74) is 6.35. The normalized spacial score (nSPS) is 13.1. The molecule has 2 N–H and O–H groups in total. The molecule has 5 nitrogen and oxygen atoms in total. The van der Waals surface area contributed by atoms with E-state index in [0.717, 1.165) is 28.8 Å². The van der Waals surface area contributed by atoms with Gasteiger partial charge in [-0.2, -0.15) is 5.10 Å². The number of H-pyrrole nitrogens is 1. The lowest BCUT2D eigenvalue weighted by Crippen LogP contribution is -2.28. The smallest absolute Gasteiger partial charge is 0.262 e. The second-order valence-electron chi connectivity index (χ2n) is 7.59. The largest absolute Gasteiger partial charge is 0.507 e. The fourth-order valence-electron chi connectivity index (χ4n) is 4.13. The van der Waals surface area contributed by atoms with Crippen LogP contribution in [0, 0.1) is 6.92 Å².